The van der Waals surface area contributed by atoms with Gasteiger partial charge in [0.05, 0.1) is 12.7 Å². The van der Waals surface area contributed by atoms with E-state index in [-0.39, 0.29) is 18.0 Å². The average Bonchev–Trinajstić information content (AvgIpc) is 2.15. The molecular weight excluding hydrogens is 188 g/mol. The predicted molar refractivity (Wildman–Crippen MR) is 53.6 cm³/mol. The Balaban J connectivity index is 2.66. The maximum absolute atomic E-state index is 9.73. The van der Waals surface area contributed by atoms with Crippen LogP contribution in [0.3, 0.4) is 0 Å². The van der Waals surface area contributed by atoms with E-state index in [1.807, 2.05) is 13.2 Å². The molecule has 1 fully saturated rings. The molecule has 0 aromatic heterocycles. The zero-order valence-electron chi connectivity index (χ0n) is 8.30. The molecule has 2 N–H and O–H groups in total. The Hall–Kier alpha value is 0.230. The van der Waals surface area contributed by atoms with Crippen LogP contribution >= 0.6 is 11.8 Å². The van der Waals surface area contributed by atoms with Crippen LogP contribution in [0.5, 0.6) is 0 Å². The van der Waals surface area contributed by atoms with Gasteiger partial charge in [-0.3, -0.25) is 0 Å². The summed E-state index contributed by atoms with van der Waals surface area (Å²) in [4.78, 5) is 0. The predicted octanol–water partition coefficient (Wildman–Crippen LogP) is 0.700. The average molecular weight is 206 g/mol. The molecule has 5 atom stereocenters. The Morgan fingerprint density at radius 3 is 2.38 bits per heavy atom. The molecule has 1 aliphatic rings. The summed E-state index contributed by atoms with van der Waals surface area (Å²) in [6.07, 6.45) is 1.03. The van der Waals surface area contributed by atoms with Crippen LogP contribution in [0.25, 0.3) is 0 Å². The standard InChI is InChI=1S/C9H18O3S/c1-5-6(2)9(13-3)12-7(4-10)8(5)11/h5-11H,4H2,1-3H3/t5-,6?,7?,8+,9+/m1/s1. The summed E-state index contributed by atoms with van der Waals surface area (Å²) >= 11 is 1.63. The van der Waals surface area contributed by atoms with E-state index in [1.165, 1.54) is 0 Å². The molecule has 78 valence electrons. The van der Waals surface area contributed by atoms with Gasteiger partial charge in [-0.1, -0.05) is 13.8 Å². The lowest BCUT2D eigenvalue weighted by atomic mass is 9.86. The van der Waals surface area contributed by atoms with Crippen LogP contribution in [-0.4, -0.2) is 40.7 Å². The van der Waals surface area contributed by atoms with Crippen LogP contribution in [0.2, 0.25) is 0 Å². The summed E-state index contributed by atoms with van der Waals surface area (Å²) < 4.78 is 5.54. The van der Waals surface area contributed by atoms with Crippen molar-refractivity contribution in [2.45, 2.75) is 31.5 Å². The Morgan fingerprint density at radius 1 is 1.31 bits per heavy atom. The van der Waals surface area contributed by atoms with Gasteiger partial charge in [0.25, 0.3) is 0 Å². The molecule has 0 aromatic carbocycles. The van der Waals surface area contributed by atoms with Crippen LogP contribution in [0.4, 0.5) is 0 Å². The molecule has 3 nitrogen and oxygen atoms in total. The molecule has 1 heterocycles. The molecule has 1 rings (SSSR count). The third kappa shape index (κ3) is 2.18. The number of hydrogen-bond donors (Lipinski definition) is 2. The van der Waals surface area contributed by atoms with Crippen LogP contribution in [0, 0.1) is 11.8 Å². The Kier molecular flexibility index (Phi) is 4.04. The highest BCUT2D eigenvalue weighted by atomic mass is 32.2. The van der Waals surface area contributed by atoms with Crippen molar-refractivity contribution >= 4 is 11.8 Å². The Labute approximate surface area is 83.5 Å². The highest BCUT2D eigenvalue weighted by molar-refractivity contribution is 7.99. The Morgan fingerprint density at radius 2 is 1.92 bits per heavy atom. The van der Waals surface area contributed by atoms with Crippen LogP contribution < -0.4 is 0 Å². The van der Waals surface area contributed by atoms with E-state index in [9.17, 15) is 5.11 Å². The fraction of sp³-hybridized carbons (Fsp3) is 1.00. The minimum atomic E-state index is -0.539. The summed E-state index contributed by atoms with van der Waals surface area (Å²) in [6, 6.07) is 0. The highest BCUT2D eigenvalue weighted by Gasteiger charge is 2.39. The molecule has 0 spiro atoms. The third-order valence-electron chi connectivity index (χ3n) is 2.90. The second kappa shape index (κ2) is 4.64. The van der Waals surface area contributed by atoms with E-state index in [2.05, 4.69) is 6.92 Å². The lowest BCUT2D eigenvalue weighted by molar-refractivity contribution is -0.152. The molecule has 0 amide bonds. The number of ether oxygens (including phenoxy) is 1. The number of thioether (sulfide) groups is 1. The molecule has 0 aliphatic carbocycles. The van der Waals surface area contributed by atoms with Gasteiger partial charge in [0.2, 0.25) is 0 Å². The molecule has 4 heteroatoms. The van der Waals surface area contributed by atoms with Gasteiger partial charge in [0, 0.05) is 0 Å². The second-order valence-corrected chi connectivity index (χ2v) is 4.61. The van der Waals surface area contributed by atoms with Gasteiger partial charge in [0.1, 0.15) is 11.5 Å². The summed E-state index contributed by atoms with van der Waals surface area (Å²) in [5, 5.41) is 18.7. The molecule has 13 heavy (non-hydrogen) atoms. The van der Waals surface area contributed by atoms with Crippen LogP contribution in [0.15, 0.2) is 0 Å². The van der Waals surface area contributed by atoms with E-state index in [0.29, 0.717) is 5.92 Å². The number of rotatable bonds is 2. The van der Waals surface area contributed by atoms with Gasteiger partial charge in [-0.05, 0) is 18.1 Å². The van der Waals surface area contributed by atoms with Gasteiger partial charge < -0.3 is 14.9 Å². The first-order valence-electron chi connectivity index (χ1n) is 4.59. The fourth-order valence-corrected chi connectivity index (χ4v) is 2.63. The van der Waals surface area contributed by atoms with Crippen molar-refractivity contribution in [2.24, 2.45) is 11.8 Å². The van der Waals surface area contributed by atoms with E-state index in [0.717, 1.165) is 0 Å². The second-order valence-electron chi connectivity index (χ2n) is 3.67. The molecule has 0 radical (unpaired) electrons. The Bertz CT molecular complexity index is 145. The SMILES string of the molecule is CS[C@@H]1OC(CO)[C@@H](O)[C@H](C)C1C. The monoisotopic (exact) mass is 206 g/mol. The number of aliphatic hydroxyl groups excluding tert-OH is 2. The van der Waals surface area contributed by atoms with Crippen molar-refractivity contribution in [3.8, 4) is 0 Å². The largest absolute Gasteiger partial charge is 0.394 e. The maximum Gasteiger partial charge on any atom is 0.108 e. The van der Waals surface area contributed by atoms with Gasteiger partial charge in [-0.15, -0.1) is 11.8 Å². The van der Waals surface area contributed by atoms with Crippen LogP contribution in [-0.2, 0) is 4.74 Å². The van der Waals surface area contributed by atoms with Gasteiger partial charge in [-0.25, -0.2) is 0 Å². The van der Waals surface area contributed by atoms with Crippen molar-refractivity contribution in [3.05, 3.63) is 0 Å². The first-order chi connectivity index (χ1) is 6.11. The van der Waals surface area contributed by atoms with Gasteiger partial charge in [-0.2, -0.15) is 0 Å². The number of aliphatic hydroxyl groups is 2. The highest BCUT2D eigenvalue weighted by Crippen LogP contribution is 2.34. The lowest BCUT2D eigenvalue weighted by Crippen LogP contribution is -2.49. The third-order valence-corrected chi connectivity index (χ3v) is 3.90. The van der Waals surface area contributed by atoms with E-state index < -0.39 is 12.2 Å². The fourth-order valence-electron chi connectivity index (χ4n) is 1.70. The lowest BCUT2D eigenvalue weighted by Gasteiger charge is -2.41. The zero-order valence-corrected chi connectivity index (χ0v) is 9.12. The summed E-state index contributed by atoms with van der Waals surface area (Å²) in [5.41, 5.74) is 0.0931. The number of hydrogen-bond acceptors (Lipinski definition) is 4. The minimum absolute atomic E-state index is 0.0931. The van der Waals surface area contributed by atoms with Gasteiger partial charge >= 0.3 is 0 Å². The molecular formula is C9H18O3S. The molecule has 1 aliphatic heterocycles. The normalized spacial score (nSPS) is 46.4. The van der Waals surface area contributed by atoms with Crippen molar-refractivity contribution in [1.29, 1.82) is 0 Å². The molecule has 1 saturated heterocycles. The van der Waals surface area contributed by atoms with Crippen LogP contribution in [0.1, 0.15) is 13.8 Å². The molecule has 0 bridgehead atoms. The zero-order chi connectivity index (χ0) is 10.0. The van der Waals surface area contributed by atoms with E-state index in [4.69, 9.17) is 9.84 Å². The van der Waals surface area contributed by atoms with Crippen molar-refractivity contribution in [3.63, 3.8) is 0 Å². The topological polar surface area (TPSA) is 49.7 Å². The summed E-state index contributed by atoms with van der Waals surface area (Å²) in [7, 11) is 0. The van der Waals surface area contributed by atoms with Crippen molar-refractivity contribution in [2.75, 3.05) is 12.9 Å². The van der Waals surface area contributed by atoms with E-state index in [1.54, 1.807) is 11.8 Å². The molecule has 2 unspecified atom stereocenters. The van der Waals surface area contributed by atoms with E-state index >= 15 is 0 Å². The van der Waals surface area contributed by atoms with Crippen molar-refractivity contribution < 1.29 is 14.9 Å². The summed E-state index contributed by atoms with van der Waals surface area (Å²) in [5.74, 6) is 0.510. The minimum Gasteiger partial charge on any atom is -0.394 e. The van der Waals surface area contributed by atoms with Crippen molar-refractivity contribution in [1.82, 2.24) is 0 Å². The maximum atomic E-state index is 9.73. The quantitative estimate of drug-likeness (QED) is 0.698. The van der Waals surface area contributed by atoms with Gasteiger partial charge in [0.15, 0.2) is 0 Å². The first-order valence-corrected chi connectivity index (χ1v) is 5.87. The first kappa shape index (κ1) is 11.3. The molecule has 0 saturated carbocycles. The smallest absolute Gasteiger partial charge is 0.108 e. The summed E-state index contributed by atoms with van der Waals surface area (Å²) in [6.45, 7) is 3.97. The molecule has 0 aromatic rings.